The third kappa shape index (κ3) is 5.53. The van der Waals surface area contributed by atoms with E-state index >= 15 is 0 Å². The Bertz CT molecular complexity index is 2080. The Labute approximate surface area is 245 Å². The van der Waals surface area contributed by atoms with Crippen molar-refractivity contribution >= 4 is 22.4 Å². The van der Waals surface area contributed by atoms with Crippen molar-refractivity contribution in [3.8, 4) is 12.1 Å². The zero-order valence-electron chi connectivity index (χ0n) is 21.7. The molecule has 0 aliphatic carbocycles. The van der Waals surface area contributed by atoms with Crippen molar-refractivity contribution in [2.24, 2.45) is 9.98 Å². The molecule has 0 amide bonds. The second kappa shape index (κ2) is 10.5. The quantitative estimate of drug-likeness (QED) is 0.197. The van der Waals surface area contributed by atoms with Crippen LogP contribution in [-0.4, -0.2) is 18.8 Å². The van der Waals surface area contributed by atoms with Gasteiger partial charge >= 0.3 is 24.7 Å². The van der Waals surface area contributed by atoms with Crippen molar-refractivity contribution in [2.45, 2.75) is 24.7 Å². The van der Waals surface area contributed by atoms with Gasteiger partial charge < -0.3 is 0 Å². The predicted octanol–water partition coefficient (Wildman–Crippen LogP) is 6.70. The van der Waals surface area contributed by atoms with Crippen LogP contribution < -0.4 is 11.0 Å². The van der Waals surface area contributed by atoms with Crippen LogP contribution in [-0.2, 0) is 24.7 Å². The number of imidazole rings is 2. The summed E-state index contributed by atoms with van der Waals surface area (Å²) in [6.45, 7) is 0. The molecule has 0 radical (unpaired) electrons. The first-order valence-electron chi connectivity index (χ1n) is 12.0. The molecule has 0 spiro atoms. The molecular formula is C26H8F12N8. The molecule has 0 aliphatic heterocycles. The van der Waals surface area contributed by atoms with Crippen LogP contribution in [0.15, 0.2) is 58.5 Å². The Morgan fingerprint density at radius 2 is 0.891 bits per heavy atom. The zero-order chi connectivity index (χ0) is 34.0. The molecule has 0 saturated heterocycles. The Balaban J connectivity index is 2.05. The summed E-state index contributed by atoms with van der Waals surface area (Å²) in [5, 5.41) is 19.2. The van der Waals surface area contributed by atoms with Crippen molar-refractivity contribution in [1.82, 2.24) is 18.8 Å². The van der Waals surface area contributed by atoms with Crippen molar-refractivity contribution in [1.29, 1.82) is 10.5 Å². The van der Waals surface area contributed by atoms with Gasteiger partial charge in [0.1, 0.15) is 23.2 Å². The fourth-order valence-corrected chi connectivity index (χ4v) is 4.47. The minimum Gasteiger partial charge on any atom is -0.274 e. The zero-order valence-corrected chi connectivity index (χ0v) is 21.7. The lowest BCUT2D eigenvalue weighted by Crippen LogP contribution is -2.25. The molecule has 5 aromatic rings. The van der Waals surface area contributed by atoms with E-state index in [1.165, 1.54) is 12.1 Å². The molecule has 0 N–H and O–H groups in total. The maximum atomic E-state index is 14.8. The fourth-order valence-electron chi connectivity index (χ4n) is 4.47. The van der Waals surface area contributed by atoms with Crippen LogP contribution in [0, 0.1) is 22.7 Å². The van der Waals surface area contributed by atoms with Crippen LogP contribution in [0.1, 0.15) is 34.2 Å². The fraction of sp³-hybridized carbons (Fsp3) is 0.154. The van der Waals surface area contributed by atoms with Gasteiger partial charge in [-0.2, -0.15) is 73.2 Å². The van der Waals surface area contributed by atoms with Gasteiger partial charge in [-0.15, -0.1) is 0 Å². The Hall–Kier alpha value is -5.66. The summed E-state index contributed by atoms with van der Waals surface area (Å²) in [5.74, 6) is -2.74. The monoisotopic (exact) mass is 660 g/mol. The number of alkyl halides is 12. The van der Waals surface area contributed by atoms with Crippen molar-refractivity contribution in [2.75, 3.05) is 0 Å². The van der Waals surface area contributed by atoms with Crippen LogP contribution in [0.4, 0.5) is 64.1 Å². The Morgan fingerprint density at radius 3 is 1.17 bits per heavy atom. The maximum absolute atomic E-state index is 14.8. The second-order valence-corrected chi connectivity index (χ2v) is 9.12. The van der Waals surface area contributed by atoms with E-state index in [2.05, 4.69) is 20.0 Å². The van der Waals surface area contributed by atoms with E-state index in [9.17, 15) is 63.2 Å². The number of aromatic nitrogens is 4. The van der Waals surface area contributed by atoms with E-state index < -0.39 is 92.3 Å². The summed E-state index contributed by atoms with van der Waals surface area (Å²) in [6, 6.07) is 7.58. The molecule has 0 atom stereocenters. The van der Waals surface area contributed by atoms with E-state index in [0.29, 0.717) is 24.3 Å². The number of hydrogen-bond donors (Lipinski definition) is 0. The average molecular weight is 660 g/mol. The molecule has 3 aromatic heterocycles. The third-order valence-corrected chi connectivity index (χ3v) is 6.17. The first-order valence-corrected chi connectivity index (χ1v) is 12.0. The molecule has 46 heavy (non-hydrogen) atoms. The number of benzene rings is 2. The van der Waals surface area contributed by atoms with Crippen molar-refractivity contribution < 1.29 is 52.7 Å². The van der Waals surface area contributed by atoms with Crippen LogP contribution in [0.5, 0.6) is 0 Å². The largest absolute Gasteiger partial charge is 0.434 e. The average Bonchev–Trinajstić information content (AvgIpc) is 3.47. The first kappa shape index (κ1) is 31.8. The summed E-state index contributed by atoms with van der Waals surface area (Å²) in [7, 11) is 0. The van der Waals surface area contributed by atoms with Crippen molar-refractivity contribution in [3.63, 3.8) is 0 Å². The van der Waals surface area contributed by atoms with Crippen LogP contribution in [0.2, 0.25) is 0 Å². The van der Waals surface area contributed by atoms with Gasteiger partial charge in [-0.25, -0.2) is 9.98 Å². The van der Waals surface area contributed by atoms with Crippen LogP contribution >= 0.6 is 0 Å². The lowest BCUT2D eigenvalue weighted by Gasteiger charge is -2.18. The third-order valence-electron chi connectivity index (χ3n) is 6.17. The highest BCUT2D eigenvalue weighted by Gasteiger charge is 2.46. The van der Waals surface area contributed by atoms with Crippen LogP contribution in [0.25, 0.3) is 11.0 Å². The number of nitriles is 2. The van der Waals surface area contributed by atoms with Gasteiger partial charge in [-0.3, -0.25) is 8.80 Å². The number of rotatable bonds is 2. The summed E-state index contributed by atoms with van der Waals surface area (Å²) in [5.41, 5.74) is -14.1. The molecule has 0 bridgehead atoms. The van der Waals surface area contributed by atoms with Gasteiger partial charge in [-0.05, 0) is 36.4 Å². The molecule has 2 aromatic carbocycles. The molecule has 20 heteroatoms. The summed E-state index contributed by atoms with van der Waals surface area (Å²) in [4.78, 5) is 14.0. The number of halogens is 12. The normalized spacial score (nSPS) is 13.9. The molecule has 8 nitrogen and oxygen atoms in total. The predicted molar refractivity (Wildman–Crippen MR) is 128 cm³/mol. The molecule has 0 fully saturated rings. The van der Waals surface area contributed by atoms with Gasteiger partial charge in [0.25, 0.3) is 0 Å². The van der Waals surface area contributed by atoms with Crippen LogP contribution in [0.3, 0.4) is 0 Å². The van der Waals surface area contributed by atoms with Gasteiger partial charge in [0.05, 0.1) is 22.5 Å². The molecule has 0 saturated carbocycles. The minimum absolute atomic E-state index is 0.321. The number of fused-ring (bicyclic) bond motifs is 2. The van der Waals surface area contributed by atoms with Gasteiger partial charge in [-0.1, -0.05) is 12.1 Å². The number of nitrogens with zero attached hydrogens (tertiary/aromatic N) is 8. The topological polar surface area (TPSA) is 107 Å². The Morgan fingerprint density at radius 1 is 0.543 bits per heavy atom. The van der Waals surface area contributed by atoms with E-state index in [1.54, 1.807) is 0 Å². The molecule has 3 heterocycles. The minimum atomic E-state index is -5.70. The van der Waals surface area contributed by atoms with Gasteiger partial charge in [0, 0.05) is 0 Å². The van der Waals surface area contributed by atoms with Gasteiger partial charge in [0.15, 0.2) is 22.4 Å². The van der Waals surface area contributed by atoms with E-state index in [1.807, 2.05) is 0 Å². The summed E-state index contributed by atoms with van der Waals surface area (Å²) < 4.78 is 167. The van der Waals surface area contributed by atoms with Gasteiger partial charge in [0.2, 0.25) is 11.6 Å². The lowest BCUT2D eigenvalue weighted by molar-refractivity contribution is -0.145. The SMILES string of the molecule is N#Cc1nc(=Nc2cccc(C(F)(F)F)c2)c2c(C(F)(F)F)n3c(C#N)nc(=Nc4cccc(C(F)(F)F)c4)c3c(C(F)(F)F)n12. The molecule has 236 valence electrons. The van der Waals surface area contributed by atoms with E-state index in [0.717, 1.165) is 24.3 Å². The number of hydrogen-bond acceptors (Lipinski definition) is 6. The molecule has 0 unspecified atom stereocenters. The highest BCUT2D eigenvalue weighted by Crippen LogP contribution is 2.39. The molecular weight excluding hydrogens is 652 g/mol. The summed E-state index contributed by atoms with van der Waals surface area (Å²) >= 11 is 0. The highest BCUT2D eigenvalue weighted by molar-refractivity contribution is 5.67. The van der Waals surface area contributed by atoms with E-state index in [4.69, 9.17) is 0 Å². The van der Waals surface area contributed by atoms with E-state index in [-0.39, 0.29) is 8.80 Å². The lowest BCUT2D eigenvalue weighted by atomic mass is 10.2. The first-order chi connectivity index (χ1) is 21.3. The Kier molecular flexibility index (Phi) is 7.22. The highest BCUT2D eigenvalue weighted by atomic mass is 19.4. The molecule has 0 aliphatic rings. The summed E-state index contributed by atoms with van der Waals surface area (Å²) in [6.07, 6.45) is -21.3. The standard InChI is InChI=1S/C26H8F12N8/c27-23(28,29)11-3-1-5-13(7-11)41-21-17-19(25(33,34)35)46-16(10-40)44-22(42-14-6-2-4-12(8-14)24(30,31)32)18(46)20(26(36,37)38)45(17)15(9-39)43-21/h1-8H. The second-order valence-electron chi connectivity index (χ2n) is 9.12. The maximum Gasteiger partial charge on any atom is 0.434 e. The van der Waals surface area contributed by atoms with Crippen molar-refractivity contribution in [3.05, 3.63) is 93.7 Å². The molecule has 5 rings (SSSR count). The smallest absolute Gasteiger partial charge is 0.274 e.